The van der Waals surface area contributed by atoms with Crippen LogP contribution in [0.2, 0.25) is 0 Å². The van der Waals surface area contributed by atoms with E-state index in [2.05, 4.69) is 13.8 Å². The van der Waals surface area contributed by atoms with Crippen molar-refractivity contribution >= 4 is 7.85 Å². The maximum atomic E-state index is 5.72. The second-order valence-corrected chi connectivity index (χ2v) is 3.57. The molecule has 2 aliphatic rings. The van der Waals surface area contributed by atoms with Gasteiger partial charge in [-0.05, 0) is 6.42 Å². The lowest BCUT2D eigenvalue weighted by Gasteiger charge is -2.29. The predicted molar refractivity (Wildman–Crippen MR) is 42.6 cm³/mol. The van der Waals surface area contributed by atoms with Gasteiger partial charge in [-0.1, -0.05) is 13.8 Å². The van der Waals surface area contributed by atoms with Crippen molar-refractivity contribution in [3.05, 3.63) is 0 Å². The van der Waals surface area contributed by atoms with E-state index in [1.165, 1.54) is 0 Å². The number of hydrogen-bond acceptors (Lipinski definition) is 2. The van der Waals surface area contributed by atoms with Gasteiger partial charge in [0.05, 0.1) is 18.3 Å². The van der Waals surface area contributed by atoms with Crippen molar-refractivity contribution in [2.24, 2.45) is 5.92 Å². The van der Waals surface area contributed by atoms with Crippen LogP contribution in [0.25, 0.3) is 0 Å². The van der Waals surface area contributed by atoms with Crippen molar-refractivity contribution in [1.29, 1.82) is 0 Å². The molecule has 0 N–H and O–H groups in total. The highest BCUT2D eigenvalue weighted by Crippen LogP contribution is 2.45. The molecule has 2 bridgehead atoms. The maximum absolute atomic E-state index is 5.72. The molecule has 1 unspecified atom stereocenters. The minimum absolute atomic E-state index is 0.0654. The average molecular weight is 152 g/mol. The Morgan fingerprint density at radius 1 is 1.64 bits per heavy atom. The highest BCUT2D eigenvalue weighted by molar-refractivity contribution is 6.11. The highest BCUT2D eigenvalue weighted by Gasteiger charge is 2.55. The number of fused-ring (bicyclic) bond motifs is 2. The topological polar surface area (TPSA) is 18.5 Å². The summed E-state index contributed by atoms with van der Waals surface area (Å²) in [6.07, 6.45) is 1.13. The van der Waals surface area contributed by atoms with E-state index in [1.807, 2.05) is 0 Å². The molecule has 60 valence electrons. The maximum Gasteiger partial charge on any atom is 0.112 e. The molecule has 4 atom stereocenters. The Kier molecular flexibility index (Phi) is 1.55. The number of rotatable bonds is 1. The largest absolute Gasteiger partial charge is 0.376 e. The monoisotopic (exact) mass is 152 g/mol. The first-order valence-electron chi connectivity index (χ1n) is 4.24. The van der Waals surface area contributed by atoms with Crippen molar-refractivity contribution in [2.45, 2.75) is 38.0 Å². The van der Waals surface area contributed by atoms with Gasteiger partial charge in [-0.25, -0.2) is 0 Å². The molecule has 2 radical (unpaired) electrons. The predicted octanol–water partition coefficient (Wildman–Crippen LogP) is 0.695. The Labute approximate surface area is 68.7 Å². The van der Waals surface area contributed by atoms with Gasteiger partial charge in [-0.15, -0.1) is 0 Å². The normalized spacial score (nSPS) is 55.3. The fraction of sp³-hybridized carbons (Fsp3) is 1.00. The molecule has 2 heterocycles. The molecule has 0 amide bonds. The Morgan fingerprint density at radius 2 is 2.36 bits per heavy atom. The molecule has 0 aromatic heterocycles. The Hall–Kier alpha value is -0.0151. The van der Waals surface area contributed by atoms with Crippen LogP contribution in [0.15, 0.2) is 0 Å². The molecule has 0 aliphatic carbocycles. The second-order valence-electron chi connectivity index (χ2n) is 3.57. The van der Waals surface area contributed by atoms with Gasteiger partial charge in [0, 0.05) is 11.9 Å². The first kappa shape index (κ1) is 7.62. The van der Waals surface area contributed by atoms with Crippen molar-refractivity contribution < 1.29 is 9.47 Å². The SMILES string of the molecule is [B][C@@H]1O[C@@]2(CC)CO[C@@H]1C2C. The van der Waals surface area contributed by atoms with Gasteiger partial charge in [0.2, 0.25) is 0 Å². The van der Waals surface area contributed by atoms with E-state index in [4.69, 9.17) is 17.3 Å². The summed E-state index contributed by atoms with van der Waals surface area (Å²) in [4.78, 5) is 0. The summed E-state index contributed by atoms with van der Waals surface area (Å²) in [7, 11) is 5.72. The van der Waals surface area contributed by atoms with E-state index in [0.29, 0.717) is 5.92 Å². The number of ether oxygens (including phenoxy) is 2. The van der Waals surface area contributed by atoms with Crippen LogP contribution in [-0.2, 0) is 9.47 Å². The Morgan fingerprint density at radius 3 is 2.64 bits per heavy atom. The lowest BCUT2D eigenvalue weighted by Crippen LogP contribution is -2.37. The molecule has 0 aromatic rings. The molecule has 0 spiro atoms. The van der Waals surface area contributed by atoms with Crippen LogP contribution in [-0.4, -0.2) is 32.2 Å². The highest BCUT2D eigenvalue weighted by atomic mass is 16.6. The van der Waals surface area contributed by atoms with Gasteiger partial charge in [-0.3, -0.25) is 0 Å². The second kappa shape index (κ2) is 2.24. The summed E-state index contributed by atoms with van der Waals surface area (Å²) in [6, 6.07) is -0.196. The van der Waals surface area contributed by atoms with Crippen molar-refractivity contribution in [2.75, 3.05) is 6.61 Å². The number of hydrogen-bond donors (Lipinski definition) is 0. The summed E-state index contributed by atoms with van der Waals surface area (Å²) in [5.41, 5.74) is -0.0654. The van der Waals surface area contributed by atoms with Crippen LogP contribution in [0.3, 0.4) is 0 Å². The van der Waals surface area contributed by atoms with Crippen LogP contribution in [0.1, 0.15) is 20.3 Å². The summed E-state index contributed by atoms with van der Waals surface area (Å²) in [5.74, 6) is 0.461. The molecular weight excluding hydrogens is 139 g/mol. The van der Waals surface area contributed by atoms with Crippen LogP contribution < -0.4 is 0 Å². The van der Waals surface area contributed by atoms with Crippen LogP contribution in [0.5, 0.6) is 0 Å². The zero-order chi connectivity index (χ0) is 8.06. The molecule has 0 aromatic carbocycles. The summed E-state index contributed by atoms with van der Waals surface area (Å²) >= 11 is 0. The minimum Gasteiger partial charge on any atom is -0.376 e. The van der Waals surface area contributed by atoms with E-state index in [-0.39, 0.29) is 17.7 Å². The Bertz CT molecular complexity index is 173. The molecule has 2 fully saturated rings. The average Bonchev–Trinajstić information content (AvgIpc) is 2.42. The zero-order valence-corrected chi connectivity index (χ0v) is 7.04. The van der Waals surface area contributed by atoms with E-state index in [0.717, 1.165) is 13.0 Å². The van der Waals surface area contributed by atoms with Crippen LogP contribution in [0.4, 0.5) is 0 Å². The fourth-order valence-electron chi connectivity index (χ4n) is 2.18. The van der Waals surface area contributed by atoms with E-state index in [1.54, 1.807) is 0 Å². The van der Waals surface area contributed by atoms with Gasteiger partial charge in [0.15, 0.2) is 0 Å². The third-order valence-electron chi connectivity index (χ3n) is 3.14. The van der Waals surface area contributed by atoms with Gasteiger partial charge in [0.25, 0.3) is 0 Å². The lowest BCUT2D eigenvalue weighted by atomic mass is 9.85. The first-order valence-corrected chi connectivity index (χ1v) is 4.24. The fourth-order valence-corrected chi connectivity index (χ4v) is 2.18. The quantitative estimate of drug-likeness (QED) is 0.514. The standard InChI is InChI=1S/C8H13BO2/c1-3-8-4-10-6(5(8)2)7(9)11-8/h5-7H,3-4H2,1-2H3/t5?,6-,7-,8+/m1/s1. The van der Waals surface area contributed by atoms with Crippen LogP contribution in [0, 0.1) is 5.92 Å². The minimum atomic E-state index is -0.196. The third kappa shape index (κ3) is 0.813. The molecule has 2 nitrogen and oxygen atoms in total. The van der Waals surface area contributed by atoms with Gasteiger partial charge >= 0.3 is 0 Å². The molecule has 3 heteroatoms. The Balaban J connectivity index is 2.24. The molecule has 2 aliphatic heterocycles. The van der Waals surface area contributed by atoms with E-state index >= 15 is 0 Å². The van der Waals surface area contributed by atoms with Crippen molar-refractivity contribution in [3.8, 4) is 0 Å². The lowest BCUT2D eigenvalue weighted by molar-refractivity contribution is -0.115. The smallest absolute Gasteiger partial charge is 0.112 e. The zero-order valence-electron chi connectivity index (χ0n) is 7.04. The van der Waals surface area contributed by atoms with Crippen molar-refractivity contribution in [3.63, 3.8) is 0 Å². The molecular formula is C8H13BO2. The molecule has 2 rings (SSSR count). The molecule has 11 heavy (non-hydrogen) atoms. The van der Waals surface area contributed by atoms with E-state index in [9.17, 15) is 0 Å². The first-order chi connectivity index (χ1) is 5.19. The summed E-state index contributed by atoms with van der Waals surface area (Å²) in [6.45, 7) is 5.01. The molecule has 2 saturated heterocycles. The summed E-state index contributed by atoms with van der Waals surface area (Å²) in [5, 5.41) is 0. The van der Waals surface area contributed by atoms with Gasteiger partial charge in [0.1, 0.15) is 7.85 Å². The third-order valence-corrected chi connectivity index (χ3v) is 3.14. The van der Waals surface area contributed by atoms with E-state index < -0.39 is 0 Å². The van der Waals surface area contributed by atoms with Crippen molar-refractivity contribution in [1.82, 2.24) is 0 Å². The van der Waals surface area contributed by atoms with Gasteiger partial charge < -0.3 is 9.47 Å². The van der Waals surface area contributed by atoms with Crippen LogP contribution >= 0.6 is 0 Å². The van der Waals surface area contributed by atoms with Gasteiger partial charge in [-0.2, -0.15) is 0 Å². The summed E-state index contributed by atoms with van der Waals surface area (Å²) < 4.78 is 11.2. The molecule has 0 saturated carbocycles.